The summed E-state index contributed by atoms with van der Waals surface area (Å²) in [6.07, 6.45) is 4.90. The minimum Gasteiger partial charge on any atom is -0.507 e. The second kappa shape index (κ2) is 6.98. The first kappa shape index (κ1) is 15.2. The van der Waals surface area contributed by atoms with E-state index in [1.165, 1.54) is 45.3 Å². The molecule has 0 spiro atoms. The lowest BCUT2D eigenvalue weighted by Gasteiger charge is -2.21. The van der Waals surface area contributed by atoms with Gasteiger partial charge in [0.2, 0.25) is 0 Å². The van der Waals surface area contributed by atoms with Crippen molar-refractivity contribution in [3.8, 4) is 5.75 Å². The molecule has 2 rings (SSSR count). The van der Waals surface area contributed by atoms with Gasteiger partial charge < -0.3 is 15.3 Å². The maximum Gasteiger partial charge on any atom is 0.123 e. The molecule has 1 unspecified atom stereocenters. The highest BCUT2D eigenvalue weighted by molar-refractivity contribution is 5.59. The summed E-state index contributed by atoms with van der Waals surface area (Å²) in [6, 6.07) is 4.61. The van der Waals surface area contributed by atoms with Crippen LogP contribution in [0, 0.1) is 13.8 Å². The van der Waals surface area contributed by atoms with E-state index in [9.17, 15) is 5.11 Å². The zero-order valence-corrected chi connectivity index (χ0v) is 13.1. The molecule has 112 valence electrons. The summed E-state index contributed by atoms with van der Waals surface area (Å²) in [5.74, 6) is 0.427. The van der Waals surface area contributed by atoms with Crippen LogP contribution in [0.15, 0.2) is 12.1 Å². The second-order valence-corrected chi connectivity index (χ2v) is 6.02. The molecule has 20 heavy (non-hydrogen) atoms. The third kappa shape index (κ3) is 3.66. The minimum absolute atomic E-state index is 0.427. The zero-order valence-electron chi connectivity index (χ0n) is 13.1. The molecule has 3 nitrogen and oxygen atoms in total. The van der Waals surface area contributed by atoms with Crippen molar-refractivity contribution in [1.29, 1.82) is 0 Å². The third-order valence-electron chi connectivity index (χ3n) is 4.35. The van der Waals surface area contributed by atoms with Crippen LogP contribution in [0.25, 0.3) is 0 Å². The van der Waals surface area contributed by atoms with E-state index in [0.29, 0.717) is 11.8 Å². The van der Waals surface area contributed by atoms with E-state index in [4.69, 9.17) is 0 Å². The van der Waals surface area contributed by atoms with Crippen molar-refractivity contribution in [3.63, 3.8) is 0 Å². The van der Waals surface area contributed by atoms with E-state index in [1.807, 2.05) is 19.9 Å². The fourth-order valence-corrected chi connectivity index (χ4v) is 3.05. The lowest BCUT2D eigenvalue weighted by atomic mass is 10.1. The molecule has 0 bridgehead atoms. The summed E-state index contributed by atoms with van der Waals surface area (Å²) < 4.78 is 0. The summed E-state index contributed by atoms with van der Waals surface area (Å²) in [4.78, 5) is 2.57. The Bertz CT molecular complexity index is 445. The van der Waals surface area contributed by atoms with Crippen LogP contribution in [-0.2, 0) is 0 Å². The van der Waals surface area contributed by atoms with Crippen molar-refractivity contribution in [1.82, 2.24) is 4.90 Å². The molecule has 0 radical (unpaired) electrons. The number of phenolic OH excluding ortho intramolecular Hbond substituents is 1. The van der Waals surface area contributed by atoms with E-state index in [0.717, 1.165) is 16.8 Å². The van der Waals surface area contributed by atoms with Gasteiger partial charge in [0.25, 0.3) is 0 Å². The highest BCUT2D eigenvalue weighted by Crippen LogP contribution is 2.29. The van der Waals surface area contributed by atoms with Crippen molar-refractivity contribution >= 4 is 5.69 Å². The van der Waals surface area contributed by atoms with Gasteiger partial charge in [-0.1, -0.05) is 13.0 Å². The van der Waals surface area contributed by atoms with E-state index in [2.05, 4.69) is 23.2 Å². The Labute approximate surface area is 123 Å². The SMILES string of the molecule is CCCN1CCCC(Nc2ccc(C)c(O)c2C)CC1. The van der Waals surface area contributed by atoms with Crippen LogP contribution in [0.4, 0.5) is 5.69 Å². The Balaban J connectivity index is 1.98. The number of rotatable bonds is 4. The molecule has 1 saturated heterocycles. The first-order valence-corrected chi connectivity index (χ1v) is 7.90. The molecule has 1 aliphatic heterocycles. The van der Waals surface area contributed by atoms with Crippen molar-refractivity contribution < 1.29 is 5.11 Å². The van der Waals surface area contributed by atoms with Gasteiger partial charge in [-0.25, -0.2) is 0 Å². The monoisotopic (exact) mass is 276 g/mol. The van der Waals surface area contributed by atoms with Gasteiger partial charge in [0.05, 0.1) is 0 Å². The van der Waals surface area contributed by atoms with Gasteiger partial charge >= 0.3 is 0 Å². The molecule has 1 fully saturated rings. The van der Waals surface area contributed by atoms with Crippen molar-refractivity contribution in [2.75, 3.05) is 25.0 Å². The zero-order chi connectivity index (χ0) is 14.5. The van der Waals surface area contributed by atoms with Crippen LogP contribution in [0.2, 0.25) is 0 Å². The van der Waals surface area contributed by atoms with Gasteiger partial charge in [-0.2, -0.15) is 0 Å². The predicted molar refractivity (Wildman–Crippen MR) is 85.6 cm³/mol. The third-order valence-corrected chi connectivity index (χ3v) is 4.35. The smallest absolute Gasteiger partial charge is 0.123 e. The number of hydrogen-bond acceptors (Lipinski definition) is 3. The molecule has 0 aliphatic carbocycles. The molecule has 0 aromatic heterocycles. The number of aromatic hydroxyl groups is 1. The summed E-state index contributed by atoms with van der Waals surface area (Å²) >= 11 is 0. The highest BCUT2D eigenvalue weighted by Gasteiger charge is 2.17. The van der Waals surface area contributed by atoms with Crippen molar-refractivity contribution in [2.24, 2.45) is 0 Å². The Morgan fingerprint density at radius 2 is 2.05 bits per heavy atom. The number of nitrogens with one attached hydrogen (secondary N) is 1. The lowest BCUT2D eigenvalue weighted by Crippen LogP contribution is -2.27. The molecular formula is C17H28N2O. The second-order valence-electron chi connectivity index (χ2n) is 6.02. The molecule has 1 aromatic rings. The fraction of sp³-hybridized carbons (Fsp3) is 0.647. The average Bonchev–Trinajstić information content (AvgIpc) is 2.66. The normalized spacial score (nSPS) is 20.6. The lowest BCUT2D eigenvalue weighted by molar-refractivity contribution is 0.285. The number of anilines is 1. The van der Waals surface area contributed by atoms with Crippen LogP contribution < -0.4 is 5.32 Å². The number of likely N-dealkylation sites (tertiary alicyclic amines) is 1. The van der Waals surface area contributed by atoms with Crippen molar-refractivity contribution in [3.05, 3.63) is 23.3 Å². The standard InChI is InChI=1S/C17H28N2O/c1-4-10-19-11-5-6-15(9-12-19)18-16-8-7-13(2)17(20)14(16)3/h7-8,15,18,20H,4-6,9-12H2,1-3H3. The molecule has 0 saturated carbocycles. The molecule has 1 aromatic carbocycles. The molecular weight excluding hydrogens is 248 g/mol. The maximum atomic E-state index is 10.0. The summed E-state index contributed by atoms with van der Waals surface area (Å²) in [6.45, 7) is 9.81. The van der Waals surface area contributed by atoms with Gasteiger partial charge in [0.1, 0.15) is 5.75 Å². The minimum atomic E-state index is 0.427. The molecule has 3 heteroatoms. The molecule has 1 aliphatic rings. The van der Waals surface area contributed by atoms with E-state index in [1.54, 1.807) is 0 Å². The Kier molecular flexibility index (Phi) is 5.30. The fourth-order valence-electron chi connectivity index (χ4n) is 3.05. The predicted octanol–water partition coefficient (Wildman–Crippen LogP) is 3.69. The largest absolute Gasteiger partial charge is 0.507 e. The van der Waals surface area contributed by atoms with Crippen LogP contribution in [0.1, 0.15) is 43.7 Å². The summed E-state index contributed by atoms with van der Waals surface area (Å²) in [5, 5.41) is 13.7. The number of hydrogen-bond donors (Lipinski definition) is 2. The average molecular weight is 276 g/mol. The van der Waals surface area contributed by atoms with Gasteiger partial charge in [0.15, 0.2) is 0 Å². The number of aryl methyl sites for hydroxylation is 1. The maximum absolute atomic E-state index is 10.0. The van der Waals surface area contributed by atoms with E-state index < -0.39 is 0 Å². The van der Waals surface area contributed by atoms with Crippen LogP contribution in [-0.4, -0.2) is 35.7 Å². The van der Waals surface area contributed by atoms with E-state index >= 15 is 0 Å². The van der Waals surface area contributed by atoms with Crippen molar-refractivity contribution in [2.45, 2.75) is 52.5 Å². The summed E-state index contributed by atoms with van der Waals surface area (Å²) in [5.41, 5.74) is 3.00. The molecule has 1 heterocycles. The number of nitrogens with zero attached hydrogens (tertiary/aromatic N) is 1. The molecule has 1 atom stereocenters. The quantitative estimate of drug-likeness (QED) is 0.880. The van der Waals surface area contributed by atoms with Gasteiger partial charge in [-0.15, -0.1) is 0 Å². The van der Waals surface area contributed by atoms with Gasteiger partial charge in [-0.3, -0.25) is 0 Å². The van der Waals surface area contributed by atoms with Crippen LogP contribution >= 0.6 is 0 Å². The number of phenols is 1. The number of benzene rings is 1. The van der Waals surface area contributed by atoms with Crippen LogP contribution in [0.3, 0.4) is 0 Å². The van der Waals surface area contributed by atoms with Crippen LogP contribution in [0.5, 0.6) is 5.75 Å². The van der Waals surface area contributed by atoms with Gasteiger partial charge in [0, 0.05) is 23.8 Å². The highest BCUT2D eigenvalue weighted by atomic mass is 16.3. The van der Waals surface area contributed by atoms with Gasteiger partial charge in [-0.05, 0) is 64.3 Å². The first-order valence-electron chi connectivity index (χ1n) is 7.90. The Morgan fingerprint density at radius 1 is 1.25 bits per heavy atom. The summed E-state index contributed by atoms with van der Waals surface area (Å²) in [7, 11) is 0. The van der Waals surface area contributed by atoms with E-state index in [-0.39, 0.29) is 0 Å². The molecule has 0 amide bonds. The first-order chi connectivity index (χ1) is 9.61. The Hall–Kier alpha value is -1.22. The molecule has 2 N–H and O–H groups in total. The Morgan fingerprint density at radius 3 is 2.80 bits per heavy atom. The topological polar surface area (TPSA) is 35.5 Å².